The number of allylic oxidation sites excluding steroid dienone is 1. The molecule has 0 saturated carbocycles. The Labute approximate surface area is 132 Å². The van der Waals surface area contributed by atoms with Gasteiger partial charge < -0.3 is 4.74 Å². The van der Waals surface area contributed by atoms with Crippen molar-refractivity contribution in [2.24, 2.45) is 0 Å². The van der Waals surface area contributed by atoms with E-state index in [2.05, 4.69) is 0 Å². The summed E-state index contributed by atoms with van der Waals surface area (Å²) in [6, 6.07) is 14.9. The monoisotopic (exact) mass is 316 g/mol. The molecule has 0 fully saturated rings. The van der Waals surface area contributed by atoms with Gasteiger partial charge in [-0.05, 0) is 23.8 Å². The predicted molar refractivity (Wildman–Crippen MR) is 84.2 cm³/mol. The lowest BCUT2D eigenvalue weighted by atomic mass is 9.96. The van der Waals surface area contributed by atoms with Crippen molar-refractivity contribution >= 4 is 34.7 Å². The van der Waals surface area contributed by atoms with Crippen LogP contribution in [0.25, 0.3) is 5.57 Å². The number of ether oxygens (including phenoxy) is 1. The summed E-state index contributed by atoms with van der Waals surface area (Å²) in [5.41, 5.74) is 2.44. The van der Waals surface area contributed by atoms with E-state index in [1.165, 1.54) is 6.08 Å². The molecule has 0 radical (unpaired) electrons. The van der Waals surface area contributed by atoms with Crippen molar-refractivity contribution in [2.75, 3.05) is 0 Å². The van der Waals surface area contributed by atoms with E-state index in [0.29, 0.717) is 15.8 Å². The lowest BCUT2D eigenvalue weighted by Crippen LogP contribution is -1.97. The van der Waals surface area contributed by atoms with Gasteiger partial charge in [0.1, 0.15) is 5.76 Å². The average molecular weight is 317 g/mol. The Morgan fingerprint density at radius 1 is 0.952 bits per heavy atom. The molecule has 0 bridgehead atoms. The maximum Gasteiger partial charge on any atom is 0.336 e. The molecule has 1 heterocycles. The number of rotatable bonds is 2. The number of carbonyl (C=O) groups is 1. The topological polar surface area (TPSA) is 26.3 Å². The molecule has 21 heavy (non-hydrogen) atoms. The van der Waals surface area contributed by atoms with Crippen LogP contribution in [-0.2, 0) is 9.53 Å². The molecule has 0 spiro atoms. The smallest absolute Gasteiger partial charge is 0.336 e. The second kappa shape index (κ2) is 5.76. The molecule has 1 aliphatic rings. The molecule has 0 saturated heterocycles. The van der Waals surface area contributed by atoms with Crippen LogP contribution in [0, 0.1) is 0 Å². The minimum absolute atomic E-state index is 0.386. The van der Waals surface area contributed by atoms with Gasteiger partial charge in [0.25, 0.3) is 0 Å². The molecule has 2 aromatic rings. The van der Waals surface area contributed by atoms with E-state index in [1.54, 1.807) is 18.2 Å². The van der Waals surface area contributed by atoms with E-state index < -0.39 is 0 Å². The Bertz CT molecular complexity index is 762. The fraction of sp³-hybridized carbons (Fsp3) is 0. The van der Waals surface area contributed by atoms with Gasteiger partial charge in [0, 0.05) is 22.2 Å². The second-order valence-electron chi connectivity index (χ2n) is 4.48. The maximum absolute atomic E-state index is 11.4. The standard InChI is InChI=1S/C17H10Cl2O2/c18-12-6-7-13(14(19)10-12)17(11-4-2-1-3-5-11)15-8-9-16(20)21-15/h1-10H/b17-15+. The molecule has 0 unspecified atom stereocenters. The highest BCUT2D eigenvalue weighted by Gasteiger charge is 2.19. The molecule has 3 rings (SSSR count). The first-order chi connectivity index (χ1) is 10.1. The minimum atomic E-state index is -0.386. The van der Waals surface area contributed by atoms with Crippen LogP contribution in [0.15, 0.2) is 66.4 Å². The SMILES string of the molecule is O=C1C=C/C(=C(/c2ccccc2)c2ccc(Cl)cc2Cl)O1. The van der Waals surface area contributed by atoms with Gasteiger partial charge in [-0.2, -0.15) is 0 Å². The Hall–Kier alpha value is -2.03. The van der Waals surface area contributed by atoms with E-state index in [9.17, 15) is 4.79 Å². The highest BCUT2D eigenvalue weighted by atomic mass is 35.5. The highest BCUT2D eigenvalue weighted by molar-refractivity contribution is 6.36. The Balaban J connectivity index is 2.23. The number of esters is 1. The molecular formula is C17H10Cl2O2. The molecule has 104 valence electrons. The molecule has 0 N–H and O–H groups in total. The number of hydrogen-bond acceptors (Lipinski definition) is 2. The largest absolute Gasteiger partial charge is 0.423 e. The first-order valence-corrected chi connectivity index (χ1v) is 7.06. The summed E-state index contributed by atoms with van der Waals surface area (Å²) in [7, 11) is 0. The van der Waals surface area contributed by atoms with E-state index in [1.807, 2.05) is 36.4 Å². The third-order valence-corrected chi connectivity index (χ3v) is 3.64. The van der Waals surface area contributed by atoms with Gasteiger partial charge in [-0.15, -0.1) is 0 Å². The van der Waals surface area contributed by atoms with E-state index in [0.717, 1.165) is 16.7 Å². The molecule has 1 aliphatic heterocycles. The van der Waals surface area contributed by atoms with Crippen LogP contribution in [0.4, 0.5) is 0 Å². The zero-order chi connectivity index (χ0) is 14.8. The molecule has 2 nitrogen and oxygen atoms in total. The zero-order valence-electron chi connectivity index (χ0n) is 10.8. The Morgan fingerprint density at radius 2 is 1.71 bits per heavy atom. The molecule has 0 atom stereocenters. The summed E-state index contributed by atoms with van der Waals surface area (Å²) in [6.45, 7) is 0. The van der Waals surface area contributed by atoms with Crippen LogP contribution in [-0.4, -0.2) is 5.97 Å². The number of halogens is 2. The fourth-order valence-electron chi connectivity index (χ4n) is 2.18. The van der Waals surface area contributed by atoms with Crippen molar-refractivity contribution in [3.05, 3.63) is 87.6 Å². The Morgan fingerprint density at radius 3 is 2.33 bits per heavy atom. The van der Waals surface area contributed by atoms with Gasteiger partial charge >= 0.3 is 5.97 Å². The van der Waals surface area contributed by atoms with Crippen LogP contribution in [0.5, 0.6) is 0 Å². The summed E-state index contributed by atoms with van der Waals surface area (Å²) in [4.78, 5) is 11.4. The second-order valence-corrected chi connectivity index (χ2v) is 5.33. The third kappa shape index (κ3) is 2.87. The molecule has 0 aliphatic carbocycles. The summed E-state index contributed by atoms with van der Waals surface area (Å²) in [6.07, 6.45) is 3.04. The maximum atomic E-state index is 11.4. The number of cyclic esters (lactones) is 1. The van der Waals surface area contributed by atoms with Gasteiger partial charge in [-0.3, -0.25) is 0 Å². The van der Waals surface area contributed by atoms with Gasteiger partial charge in [0.15, 0.2) is 0 Å². The van der Waals surface area contributed by atoms with E-state index in [-0.39, 0.29) is 5.97 Å². The minimum Gasteiger partial charge on any atom is -0.423 e. The molecule has 0 amide bonds. The predicted octanol–water partition coefficient (Wildman–Crippen LogP) is 4.87. The van der Waals surface area contributed by atoms with Crippen molar-refractivity contribution in [2.45, 2.75) is 0 Å². The van der Waals surface area contributed by atoms with Crippen LogP contribution in [0.1, 0.15) is 11.1 Å². The molecule has 2 aromatic carbocycles. The van der Waals surface area contributed by atoms with Gasteiger partial charge in [0.05, 0.1) is 5.02 Å². The van der Waals surface area contributed by atoms with Gasteiger partial charge in [-0.1, -0.05) is 59.6 Å². The van der Waals surface area contributed by atoms with Gasteiger partial charge in [0.2, 0.25) is 0 Å². The normalized spacial score (nSPS) is 16.0. The lowest BCUT2D eigenvalue weighted by Gasteiger charge is -2.13. The van der Waals surface area contributed by atoms with Gasteiger partial charge in [-0.25, -0.2) is 4.79 Å². The zero-order valence-corrected chi connectivity index (χ0v) is 12.4. The molecule has 4 heteroatoms. The highest BCUT2D eigenvalue weighted by Crippen LogP contribution is 2.35. The number of benzene rings is 2. The first kappa shape index (κ1) is 13.9. The average Bonchev–Trinajstić information content (AvgIpc) is 2.89. The first-order valence-electron chi connectivity index (χ1n) is 6.30. The van der Waals surface area contributed by atoms with Crippen molar-refractivity contribution in [3.8, 4) is 0 Å². The van der Waals surface area contributed by atoms with E-state index in [4.69, 9.17) is 27.9 Å². The van der Waals surface area contributed by atoms with Crippen molar-refractivity contribution in [1.82, 2.24) is 0 Å². The summed E-state index contributed by atoms with van der Waals surface area (Å²) in [5.74, 6) is 0.0962. The Kier molecular flexibility index (Phi) is 3.82. The molecule has 0 aromatic heterocycles. The van der Waals surface area contributed by atoms with Crippen molar-refractivity contribution in [1.29, 1.82) is 0 Å². The quantitative estimate of drug-likeness (QED) is 0.739. The third-order valence-electron chi connectivity index (χ3n) is 3.09. The molecular weight excluding hydrogens is 307 g/mol. The number of carbonyl (C=O) groups excluding carboxylic acids is 1. The van der Waals surface area contributed by atoms with Crippen LogP contribution >= 0.6 is 23.2 Å². The van der Waals surface area contributed by atoms with Crippen molar-refractivity contribution < 1.29 is 9.53 Å². The summed E-state index contributed by atoms with van der Waals surface area (Å²) in [5, 5.41) is 1.06. The van der Waals surface area contributed by atoms with Crippen LogP contribution in [0.2, 0.25) is 10.0 Å². The van der Waals surface area contributed by atoms with Crippen LogP contribution < -0.4 is 0 Å². The fourth-order valence-corrected chi connectivity index (χ4v) is 2.69. The van der Waals surface area contributed by atoms with Crippen molar-refractivity contribution in [3.63, 3.8) is 0 Å². The number of hydrogen-bond donors (Lipinski definition) is 0. The van der Waals surface area contributed by atoms with E-state index >= 15 is 0 Å². The lowest BCUT2D eigenvalue weighted by molar-refractivity contribution is -0.132. The van der Waals surface area contributed by atoms with Crippen LogP contribution in [0.3, 0.4) is 0 Å². The summed E-state index contributed by atoms with van der Waals surface area (Å²) >= 11 is 12.3. The summed E-state index contributed by atoms with van der Waals surface area (Å²) < 4.78 is 5.26.